The minimum absolute atomic E-state index is 0.256. The van der Waals surface area contributed by atoms with Crippen LogP contribution in [0.25, 0.3) is 20.9 Å². The summed E-state index contributed by atoms with van der Waals surface area (Å²) in [6.45, 7) is 5.06. The van der Waals surface area contributed by atoms with Gasteiger partial charge in [0.05, 0.1) is 13.2 Å². The van der Waals surface area contributed by atoms with Crippen molar-refractivity contribution in [3.05, 3.63) is 58.3 Å². The number of hydrogen-bond donors (Lipinski definition) is 0. The highest BCUT2D eigenvalue weighted by Crippen LogP contribution is 2.33. The van der Waals surface area contributed by atoms with Crippen LogP contribution in [0.4, 0.5) is 0 Å². The van der Waals surface area contributed by atoms with E-state index in [4.69, 9.17) is 9.47 Å². The third kappa shape index (κ3) is 5.80. The highest BCUT2D eigenvalue weighted by molar-refractivity contribution is 7.17. The molecule has 0 aliphatic carbocycles. The average molecular weight is 443 g/mol. The predicted molar refractivity (Wildman–Crippen MR) is 123 cm³/mol. The van der Waals surface area contributed by atoms with E-state index in [-0.39, 0.29) is 11.9 Å². The molecule has 0 aliphatic rings. The van der Waals surface area contributed by atoms with E-state index >= 15 is 0 Å². The van der Waals surface area contributed by atoms with Gasteiger partial charge in [-0.05, 0) is 48.2 Å². The molecule has 1 aromatic carbocycles. The molecule has 6 heteroatoms. The highest BCUT2D eigenvalue weighted by atomic mass is 32.1. The van der Waals surface area contributed by atoms with Crippen LogP contribution >= 0.6 is 22.7 Å². The molecule has 0 aliphatic heterocycles. The largest absolute Gasteiger partial charge is 0.462 e. The Morgan fingerprint density at radius 2 is 1.07 bits per heavy atom. The SMILES string of the molecule is CCCCOC(=O)c1ccc(-c2ccc(-c3ccc(C(=O)OCCCC)s3)cc2)s1. The van der Waals surface area contributed by atoms with Crippen molar-refractivity contribution in [1.29, 1.82) is 0 Å². The molecule has 0 spiro atoms. The highest BCUT2D eigenvalue weighted by Gasteiger charge is 2.13. The molecule has 2 heterocycles. The lowest BCUT2D eigenvalue weighted by atomic mass is 10.1. The van der Waals surface area contributed by atoms with Crippen molar-refractivity contribution in [2.75, 3.05) is 13.2 Å². The van der Waals surface area contributed by atoms with Gasteiger partial charge in [0.2, 0.25) is 0 Å². The van der Waals surface area contributed by atoms with Crippen LogP contribution in [-0.2, 0) is 9.47 Å². The molecule has 0 fully saturated rings. The second kappa shape index (κ2) is 11.1. The maximum Gasteiger partial charge on any atom is 0.348 e. The van der Waals surface area contributed by atoms with Gasteiger partial charge in [-0.3, -0.25) is 0 Å². The van der Waals surface area contributed by atoms with E-state index in [1.54, 1.807) is 0 Å². The summed E-state index contributed by atoms with van der Waals surface area (Å²) in [6, 6.07) is 15.7. The molecule has 0 unspecified atom stereocenters. The Hall–Kier alpha value is -2.44. The zero-order valence-corrected chi connectivity index (χ0v) is 18.9. The second-order valence-electron chi connectivity index (χ2n) is 6.88. The number of esters is 2. The van der Waals surface area contributed by atoms with E-state index in [1.807, 2.05) is 48.5 Å². The standard InChI is InChI=1S/C24H26O4S2/c1-3-5-15-27-23(25)21-13-11-19(29-21)17-7-9-18(10-8-17)20-12-14-22(30-20)24(26)28-16-6-4-2/h7-14H,3-6,15-16H2,1-2H3. The normalized spacial score (nSPS) is 10.7. The number of thiophene rings is 2. The molecule has 3 aromatic rings. The van der Waals surface area contributed by atoms with Gasteiger partial charge < -0.3 is 9.47 Å². The molecule has 0 saturated carbocycles. The van der Waals surface area contributed by atoms with Crippen LogP contribution < -0.4 is 0 Å². The summed E-state index contributed by atoms with van der Waals surface area (Å²) in [4.78, 5) is 27.5. The van der Waals surface area contributed by atoms with Crippen molar-refractivity contribution >= 4 is 34.6 Å². The fourth-order valence-electron chi connectivity index (χ4n) is 2.76. The van der Waals surface area contributed by atoms with Gasteiger partial charge in [-0.1, -0.05) is 51.0 Å². The first-order valence-corrected chi connectivity index (χ1v) is 11.9. The Kier molecular flexibility index (Phi) is 8.22. The van der Waals surface area contributed by atoms with Gasteiger partial charge in [0.15, 0.2) is 0 Å². The maximum atomic E-state index is 12.1. The fraction of sp³-hybridized carbons (Fsp3) is 0.333. The van der Waals surface area contributed by atoms with Gasteiger partial charge >= 0.3 is 11.9 Å². The van der Waals surface area contributed by atoms with Crippen molar-refractivity contribution in [1.82, 2.24) is 0 Å². The number of hydrogen-bond acceptors (Lipinski definition) is 6. The summed E-state index contributed by atoms with van der Waals surface area (Å²) < 4.78 is 10.6. The Balaban J connectivity index is 1.64. The topological polar surface area (TPSA) is 52.6 Å². The lowest BCUT2D eigenvalue weighted by molar-refractivity contribution is 0.0496. The van der Waals surface area contributed by atoms with Crippen molar-refractivity contribution in [2.24, 2.45) is 0 Å². The van der Waals surface area contributed by atoms with Gasteiger partial charge in [-0.15, -0.1) is 22.7 Å². The van der Waals surface area contributed by atoms with Crippen molar-refractivity contribution in [2.45, 2.75) is 39.5 Å². The first-order chi connectivity index (χ1) is 14.6. The molecule has 158 valence electrons. The van der Waals surface area contributed by atoms with E-state index in [1.165, 1.54) is 22.7 Å². The quantitative estimate of drug-likeness (QED) is 0.249. The molecule has 3 rings (SSSR count). The molecule has 0 saturated heterocycles. The Morgan fingerprint density at radius 3 is 1.43 bits per heavy atom. The van der Waals surface area contributed by atoms with E-state index in [2.05, 4.69) is 13.8 Å². The summed E-state index contributed by atoms with van der Waals surface area (Å²) in [5.74, 6) is -0.512. The molecule has 0 atom stereocenters. The zero-order valence-electron chi connectivity index (χ0n) is 17.3. The summed E-state index contributed by atoms with van der Waals surface area (Å²) in [5, 5.41) is 0. The number of benzene rings is 1. The summed E-state index contributed by atoms with van der Waals surface area (Å²) in [7, 11) is 0. The monoisotopic (exact) mass is 442 g/mol. The van der Waals surface area contributed by atoms with Crippen LogP contribution in [0, 0.1) is 0 Å². The van der Waals surface area contributed by atoms with Crippen LogP contribution in [0.3, 0.4) is 0 Å². The summed E-state index contributed by atoms with van der Waals surface area (Å²) >= 11 is 2.88. The zero-order chi connectivity index (χ0) is 21.3. The molecule has 30 heavy (non-hydrogen) atoms. The number of unbranched alkanes of at least 4 members (excludes halogenated alkanes) is 2. The maximum absolute atomic E-state index is 12.1. The molecule has 0 bridgehead atoms. The first-order valence-electron chi connectivity index (χ1n) is 10.3. The molecule has 4 nitrogen and oxygen atoms in total. The van der Waals surface area contributed by atoms with Gasteiger partial charge in [-0.25, -0.2) is 9.59 Å². The van der Waals surface area contributed by atoms with Gasteiger partial charge in [-0.2, -0.15) is 0 Å². The third-order valence-electron chi connectivity index (χ3n) is 4.53. The van der Waals surface area contributed by atoms with Crippen LogP contribution in [0.5, 0.6) is 0 Å². The molecule has 0 N–H and O–H groups in total. The van der Waals surface area contributed by atoms with Gasteiger partial charge in [0.1, 0.15) is 9.75 Å². The minimum atomic E-state index is -0.256. The summed E-state index contributed by atoms with van der Waals surface area (Å²) in [5.41, 5.74) is 2.10. The lowest BCUT2D eigenvalue weighted by Gasteiger charge is -2.02. The van der Waals surface area contributed by atoms with Crippen molar-refractivity contribution in [3.8, 4) is 20.9 Å². The van der Waals surface area contributed by atoms with Crippen LogP contribution in [0.2, 0.25) is 0 Å². The molecular weight excluding hydrogens is 416 g/mol. The van der Waals surface area contributed by atoms with E-state index < -0.39 is 0 Å². The Morgan fingerprint density at radius 1 is 0.667 bits per heavy atom. The number of rotatable bonds is 10. The summed E-state index contributed by atoms with van der Waals surface area (Å²) in [6.07, 6.45) is 3.76. The van der Waals surface area contributed by atoms with E-state index in [0.29, 0.717) is 23.0 Å². The Bertz CT molecular complexity index is 890. The number of carbonyl (C=O) groups is 2. The first kappa shape index (κ1) is 22.2. The van der Waals surface area contributed by atoms with Crippen LogP contribution in [-0.4, -0.2) is 25.2 Å². The number of carbonyl (C=O) groups excluding carboxylic acids is 2. The fourth-order valence-corrected chi connectivity index (χ4v) is 4.58. The van der Waals surface area contributed by atoms with Crippen LogP contribution in [0.15, 0.2) is 48.5 Å². The third-order valence-corrected chi connectivity index (χ3v) is 6.76. The van der Waals surface area contributed by atoms with E-state index in [0.717, 1.165) is 46.6 Å². The van der Waals surface area contributed by atoms with Crippen molar-refractivity contribution < 1.29 is 19.1 Å². The average Bonchev–Trinajstić information content (AvgIpc) is 3.44. The van der Waals surface area contributed by atoms with Gasteiger partial charge in [0.25, 0.3) is 0 Å². The lowest BCUT2D eigenvalue weighted by Crippen LogP contribution is -2.03. The van der Waals surface area contributed by atoms with Crippen LogP contribution in [0.1, 0.15) is 58.9 Å². The smallest absolute Gasteiger partial charge is 0.348 e. The number of ether oxygens (including phenoxy) is 2. The van der Waals surface area contributed by atoms with E-state index in [9.17, 15) is 9.59 Å². The molecule has 0 radical (unpaired) electrons. The Labute approximate surface area is 185 Å². The molecule has 2 aromatic heterocycles. The second-order valence-corrected chi connectivity index (χ2v) is 9.05. The molecular formula is C24H26O4S2. The van der Waals surface area contributed by atoms with Gasteiger partial charge in [0, 0.05) is 9.75 Å². The minimum Gasteiger partial charge on any atom is -0.462 e. The predicted octanol–water partition coefficient (Wildman–Crippen LogP) is 7.06. The molecule has 0 amide bonds. The van der Waals surface area contributed by atoms with Crippen molar-refractivity contribution in [3.63, 3.8) is 0 Å².